The van der Waals surface area contributed by atoms with Crippen molar-refractivity contribution in [1.82, 2.24) is 0 Å². The maximum absolute atomic E-state index is 5.68. The summed E-state index contributed by atoms with van der Waals surface area (Å²) < 4.78 is 11.2. The number of hydrogen-bond donors (Lipinski definition) is 0. The fraction of sp³-hybridized carbons (Fsp3) is 0.652. The largest absolute Gasteiger partial charge is 0.497 e. The van der Waals surface area contributed by atoms with Crippen LogP contribution >= 0.6 is 0 Å². The fourth-order valence-corrected chi connectivity index (χ4v) is 5.64. The van der Waals surface area contributed by atoms with Gasteiger partial charge in [-0.05, 0) is 85.5 Å². The van der Waals surface area contributed by atoms with Crippen LogP contribution in [-0.2, 0) is 6.42 Å². The molecule has 138 valence electrons. The minimum atomic E-state index is 0.280. The number of fused-ring (bicyclic) bond motifs is 1. The van der Waals surface area contributed by atoms with Gasteiger partial charge in [-0.25, -0.2) is 0 Å². The summed E-state index contributed by atoms with van der Waals surface area (Å²) >= 11 is 0. The summed E-state index contributed by atoms with van der Waals surface area (Å²) in [5, 5.41) is 0. The number of rotatable bonds is 4. The molecule has 0 amide bonds. The summed E-state index contributed by atoms with van der Waals surface area (Å²) in [6.45, 7) is 9.85. The van der Waals surface area contributed by atoms with Crippen LogP contribution < -0.4 is 9.47 Å². The fourth-order valence-electron chi connectivity index (χ4n) is 5.64. The molecule has 0 bridgehead atoms. The van der Waals surface area contributed by atoms with Crippen LogP contribution in [0.4, 0.5) is 0 Å². The van der Waals surface area contributed by atoms with Crippen LogP contribution in [-0.4, -0.2) is 14.2 Å². The minimum Gasteiger partial charge on any atom is -0.497 e. The van der Waals surface area contributed by atoms with E-state index in [1.165, 1.54) is 31.2 Å². The van der Waals surface area contributed by atoms with Crippen LogP contribution in [0.25, 0.3) is 0 Å². The third-order valence-corrected chi connectivity index (χ3v) is 7.65. The first-order chi connectivity index (χ1) is 11.8. The molecule has 0 heterocycles. The topological polar surface area (TPSA) is 18.5 Å². The van der Waals surface area contributed by atoms with Crippen LogP contribution in [0, 0.1) is 22.7 Å². The Kier molecular flexibility index (Phi) is 4.92. The van der Waals surface area contributed by atoms with E-state index in [2.05, 4.69) is 45.9 Å². The van der Waals surface area contributed by atoms with Crippen molar-refractivity contribution in [3.8, 4) is 11.5 Å². The Labute approximate surface area is 153 Å². The Morgan fingerprint density at radius 2 is 1.88 bits per heavy atom. The quantitative estimate of drug-likeness (QED) is 0.621. The van der Waals surface area contributed by atoms with E-state index in [9.17, 15) is 0 Å². The van der Waals surface area contributed by atoms with Gasteiger partial charge in [-0.15, -0.1) is 0 Å². The second-order valence-electron chi connectivity index (χ2n) is 8.73. The van der Waals surface area contributed by atoms with Crippen molar-refractivity contribution in [1.29, 1.82) is 0 Å². The van der Waals surface area contributed by atoms with Gasteiger partial charge in [0.05, 0.1) is 14.2 Å². The monoisotopic (exact) mass is 342 g/mol. The van der Waals surface area contributed by atoms with Crippen LogP contribution in [0.5, 0.6) is 11.5 Å². The summed E-state index contributed by atoms with van der Waals surface area (Å²) in [5.41, 5.74) is 3.53. The van der Waals surface area contributed by atoms with Gasteiger partial charge < -0.3 is 9.47 Å². The molecule has 0 unspecified atom stereocenters. The normalized spacial score (nSPS) is 34.9. The molecule has 1 aromatic carbocycles. The molecular weight excluding hydrogens is 308 g/mol. The summed E-state index contributed by atoms with van der Waals surface area (Å²) in [6, 6.07) is 6.22. The molecule has 1 aromatic rings. The van der Waals surface area contributed by atoms with Gasteiger partial charge in [0.2, 0.25) is 0 Å². The van der Waals surface area contributed by atoms with E-state index in [0.29, 0.717) is 11.3 Å². The molecule has 2 heteroatoms. The molecule has 25 heavy (non-hydrogen) atoms. The van der Waals surface area contributed by atoms with Gasteiger partial charge in [-0.2, -0.15) is 0 Å². The number of allylic oxidation sites excluding steroid dienone is 2. The van der Waals surface area contributed by atoms with E-state index in [1.807, 2.05) is 6.07 Å². The summed E-state index contributed by atoms with van der Waals surface area (Å²) in [5.74, 6) is 3.35. The molecule has 1 saturated carbocycles. The molecule has 0 aromatic heterocycles. The predicted octanol–water partition coefficient (Wildman–Crippen LogP) is 6.05. The smallest absolute Gasteiger partial charge is 0.122 e. The van der Waals surface area contributed by atoms with Gasteiger partial charge in [0, 0.05) is 0 Å². The molecule has 2 aliphatic carbocycles. The SMILES string of the molecule is COc1ccc(OC)c(C[C@]2(C)[C@@H](C)CC[C@]3(C)C(C)=CCC[C@@H]23)c1. The van der Waals surface area contributed by atoms with E-state index in [4.69, 9.17) is 9.47 Å². The molecule has 2 nitrogen and oxygen atoms in total. The molecular formula is C23H34O2. The first-order valence-electron chi connectivity index (χ1n) is 9.73. The molecule has 0 saturated heterocycles. The number of ether oxygens (including phenoxy) is 2. The van der Waals surface area contributed by atoms with E-state index in [-0.39, 0.29) is 5.41 Å². The van der Waals surface area contributed by atoms with E-state index < -0.39 is 0 Å². The minimum absolute atomic E-state index is 0.280. The molecule has 0 N–H and O–H groups in total. The lowest BCUT2D eigenvalue weighted by Gasteiger charge is -2.58. The van der Waals surface area contributed by atoms with Crippen molar-refractivity contribution in [3.63, 3.8) is 0 Å². The first-order valence-corrected chi connectivity index (χ1v) is 9.73. The molecule has 0 aliphatic heterocycles. The number of benzene rings is 1. The molecule has 4 atom stereocenters. The first kappa shape index (κ1) is 18.4. The molecule has 0 radical (unpaired) electrons. The standard InChI is InChI=1S/C23H34O2/c1-16-8-7-9-21-22(16,3)13-12-17(2)23(21,4)15-18-14-19(24-5)10-11-20(18)25-6/h8,10-11,14,17,21H,7,9,12-13,15H2,1-6H3/t17-,21+,22+,23+/m0/s1. The van der Waals surface area contributed by atoms with Crippen molar-refractivity contribution in [3.05, 3.63) is 35.4 Å². The predicted molar refractivity (Wildman–Crippen MR) is 104 cm³/mol. The Morgan fingerprint density at radius 1 is 1.12 bits per heavy atom. The van der Waals surface area contributed by atoms with Crippen LogP contribution in [0.2, 0.25) is 0 Å². The lowest BCUT2D eigenvalue weighted by Crippen LogP contribution is -2.50. The van der Waals surface area contributed by atoms with Gasteiger partial charge in [0.25, 0.3) is 0 Å². The summed E-state index contributed by atoms with van der Waals surface area (Å²) in [7, 11) is 3.51. The zero-order valence-electron chi connectivity index (χ0n) is 16.8. The Balaban J connectivity index is 2.01. The van der Waals surface area contributed by atoms with Crippen molar-refractivity contribution in [2.75, 3.05) is 14.2 Å². The molecule has 1 fully saturated rings. The van der Waals surface area contributed by atoms with Crippen molar-refractivity contribution >= 4 is 0 Å². The van der Waals surface area contributed by atoms with Gasteiger partial charge in [-0.3, -0.25) is 0 Å². The zero-order valence-corrected chi connectivity index (χ0v) is 16.8. The number of hydrogen-bond acceptors (Lipinski definition) is 2. The van der Waals surface area contributed by atoms with E-state index >= 15 is 0 Å². The van der Waals surface area contributed by atoms with Crippen LogP contribution in [0.1, 0.15) is 58.9 Å². The molecule has 2 aliphatic rings. The molecule has 0 spiro atoms. The van der Waals surface area contributed by atoms with Crippen LogP contribution in [0.15, 0.2) is 29.8 Å². The number of methoxy groups -OCH3 is 2. The van der Waals surface area contributed by atoms with Gasteiger partial charge in [0.15, 0.2) is 0 Å². The highest BCUT2D eigenvalue weighted by Crippen LogP contribution is 2.61. The highest BCUT2D eigenvalue weighted by atomic mass is 16.5. The van der Waals surface area contributed by atoms with Gasteiger partial charge in [-0.1, -0.05) is 32.4 Å². The second-order valence-corrected chi connectivity index (χ2v) is 8.73. The average Bonchev–Trinajstić information content (AvgIpc) is 2.60. The van der Waals surface area contributed by atoms with Crippen molar-refractivity contribution in [2.24, 2.45) is 22.7 Å². The highest BCUT2D eigenvalue weighted by Gasteiger charge is 2.53. The third-order valence-electron chi connectivity index (χ3n) is 7.65. The van der Waals surface area contributed by atoms with Crippen LogP contribution in [0.3, 0.4) is 0 Å². The maximum Gasteiger partial charge on any atom is 0.122 e. The Hall–Kier alpha value is -1.44. The van der Waals surface area contributed by atoms with E-state index in [1.54, 1.807) is 19.8 Å². The summed E-state index contributed by atoms with van der Waals surface area (Å²) in [6.07, 6.45) is 8.71. The average molecular weight is 343 g/mol. The van der Waals surface area contributed by atoms with Gasteiger partial charge in [0.1, 0.15) is 11.5 Å². The maximum atomic E-state index is 5.68. The lowest BCUT2D eigenvalue weighted by molar-refractivity contribution is -0.0412. The highest BCUT2D eigenvalue weighted by molar-refractivity contribution is 5.41. The Morgan fingerprint density at radius 3 is 2.56 bits per heavy atom. The van der Waals surface area contributed by atoms with E-state index in [0.717, 1.165) is 23.8 Å². The van der Waals surface area contributed by atoms with Crippen molar-refractivity contribution in [2.45, 2.75) is 59.8 Å². The summed E-state index contributed by atoms with van der Waals surface area (Å²) in [4.78, 5) is 0. The lowest BCUT2D eigenvalue weighted by atomic mass is 9.47. The molecule has 3 rings (SSSR count). The Bertz CT molecular complexity index is 662. The zero-order chi connectivity index (χ0) is 18.2. The second kappa shape index (κ2) is 6.70. The third kappa shape index (κ3) is 2.98. The van der Waals surface area contributed by atoms with Crippen molar-refractivity contribution < 1.29 is 9.47 Å². The van der Waals surface area contributed by atoms with Gasteiger partial charge >= 0.3 is 0 Å².